The molecule has 0 amide bonds. The molecule has 1 saturated carbocycles. The first kappa shape index (κ1) is 11.7. The Kier molecular flexibility index (Phi) is 3.72. The Labute approximate surface area is 102 Å². The lowest BCUT2D eigenvalue weighted by atomic mass is 10.1. The van der Waals surface area contributed by atoms with Gasteiger partial charge in [0.2, 0.25) is 0 Å². The minimum absolute atomic E-state index is 0.786. The van der Waals surface area contributed by atoms with Crippen LogP contribution in [0, 0.1) is 5.92 Å². The van der Waals surface area contributed by atoms with Crippen molar-refractivity contribution in [2.75, 3.05) is 18.8 Å². The third kappa shape index (κ3) is 2.89. The molecule has 3 heteroatoms. The van der Waals surface area contributed by atoms with E-state index in [-0.39, 0.29) is 0 Å². The molecule has 0 unspecified atom stereocenters. The minimum atomic E-state index is 0.786. The van der Waals surface area contributed by atoms with E-state index in [1.807, 2.05) is 18.2 Å². The Bertz CT molecular complexity index is 341. The van der Waals surface area contributed by atoms with Crippen molar-refractivity contribution in [3.8, 4) is 0 Å². The van der Waals surface area contributed by atoms with Crippen LogP contribution in [-0.2, 0) is 6.54 Å². The van der Waals surface area contributed by atoms with Crippen LogP contribution in [0.2, 0.25) is 5.02 Å². The molecule has 0 spiro atoms. The normalized spacial score (nSPS) is 15.7. The number of benzene rings is 1. The molecule has 16 heavy (non-hydrogen) atoms. The highest BCUT2D eigenvalue weighted by atomic mass is 35.5. The predicted molar refractivity (Wildman–Crippen MR) is 69.5 cm³/mol. The van der Waals surface area contributed by atoms with Gasteiger partial charge in [0, 0.05) is 29.4 Å². The number of anilines is 1. The first-order valence-electron chi connectivity index (χ1n) is 5.96. The third-order valence-electron chi connectivity index (χ3n) is 3.20. The topological polar surface area (TPSA) is 29.3 Å². The summed E-state index contributed by atoms with van der Waals surface area (Å²) in [5.74, 6) is 0.906. The monoisotopic (exact) mass is 238 g/mol. The van der Waals surface area contributed by atoms with E-state index in [4.69, 9.17) is 17.3 Å². The van der Waals surface area contributed by atoms with Gasteiger partial charge in [-0.05, 0) is 37.4 Å². The first-order valence-corrected chi connectivity index (χ1v) is 6.33. The van der Waals surface area contributed by atoms with Gasteiger partial charge in [0.05, 0.1) is 0 Å². The van der Waals surface area contributed by atoms with Gasteiger partial charge in [-0.3, -0.25) is 4.90 Å². The zero-order valence-electron chi connectivity index (χ0n) is 9.75. The van der Waals surface area contributed by atoms with Crippen molar-refractivity contribution in [3.63, 3.8) is 0 Å². The highest BCUT2D eigenvalue weighted by molar-refractivity contribution is 6.31. The van der Waals surface area contributed by atoms with Gasteiger partial charge in [-0.2, -0.15) is 0 Å². The number of nitrogens with zero attached hydrogens (tertiary/aromatic N) is 1. The molecular weight excluding hydrogens is 220 g/mol. The van der Waals surface area contributed by atoms with Crippen molar-refractivity contribution in [1.29, 1.82) is 0 Å². The van der Waals surface area contributed by atoms with Crippen molar-refractivity contribution in [2.45, 2.75) is 26.3 Å². The minimum Gasteiger partial charge on any atom is -0.398 e. The molecule has 0 saturated heterocycles. The van der Waals surface area contributed by atoms with E-state index in [9.17, 15) is 0 Å². The van der Waals surface area contributed by atoms with Crippen LogP contribution in [0.15, 0.2) is 18.2 Å². The number of nitrogen functional groups attached to an aromatic ring is 1. The molecule has 2 rings (SSSR count). The van der Waals surface area contributed by atoms with Crippen molar-refractivity contribution < 1.29 is 0 Å². The van der Waals surface area contributed by atoms with E-state index in [1.54, 1.807) is 0 Å². The Morgan fingerprint density at radius 1 is 1.44 bits per heavy atom. The number of rotatable bonds is 5. The molecule has 1 fully saturated rings. The molecular formula is C13H19ClN2. The molecule has 2 N–H and O–H groups in total. The van der Waals surface area contributed by atoms with Crippen LogP contribution in [0.25, 0.3) is 0 Å². The van der Waals surface area contributed by atoms with Crippen LogP contribution in [-0.4, -0.2) is 18.0 Å². The summed E-state index contributed by atoms with van der Waals surface area (Å²) in [4.78, 5) is 2.43. The lowest BCUT2D eigenvalue weighted by Crippen LogP contribution is -2.25. The highest BCUT2D eigenvalue weighted by Gasteiger charge is 2.24. The second-order valence-electron chi connectivity index (χ2n) is 4.58. The molecule has 88 valence electrons. The van der Waals surface area contributed by atoms with Crippen LogP contribution in [0.4, 0.5) is 5.69 Å². The maximum Gasteiger partial charge on any atom is 0.0471 e. The maximum atomic E-state index is 6.18. The van der Waals surface area contributed by atoms with Crippen LogP contribution < -0.4 is 5.73 Å². The molecule has 0 bridgehead atoms. The number of hydrogen-bond donors (Lipinski definition) is 1. The number of nitrogens with two attached hydrogens (primary N) is 1. The fourth-order valence-electron chi connectivity index (χ4n) is 1.94. The van der Waals surface area contributed by atoms with Gasteiger partial charge in [-0.1, -0.05) is 24.6 Å². The standard InChI is InChI=1S/C13H19ClN2/c1-2-16(8-10-6-7-10)9-11-12(14)4-3-5-13(11)15/h3-5,10H,2,6-9,15H2,1H3. The summed E-state index contributed by atoms with van der Waals surface area (Å²) in [5, 5.41) is 0.786. The molecule has 1 aliphatic carbocycles. The summed E-state index contributed by atoms with van der Waals surface area (Å²) in [6, 6.07) is 5.74. The van der Waals surface area contributed by atoms with Gasteiger partial charge in [-0.15, -0.1) is 0 Å². The molecule has 2 nitrogen and oxygen atoms in total. The molecule has 0 aliphatic heterocycles. The summed E-state index contributed by atoms with van der Waals surface area (Å²) in [6.45, 7) is 5.30. The Balaban J connectivity index is 2.05. The highest BCUT2D eigenvalue weighted by Crippen LogP contribution is 2.31. The van der Waals surface area contributed by atoms with E-state index in [0.29, 0.717) is 0 Å². The van der Waals surface area contributed by atoms with E-state index in [0.717, 1.165) is 35.3 Å². The Morgan fingerprint density at radius 3 is 2.75 bits per heavy atom. The Morgan fingerprint density at radius 2 is 2.19 bits per heavy atom. The lowest BCUT2D eigenvalue weighted by molar-refractivity contribution is 0.269. The zero-order valence-corrected chi connectivity index (χ0v) is 10.5. The summed E-state index contributed by atoms with van der Waals surface area (Å²) in [5.41, 5.74) is 7.84. The summed E-state index contributed by atoms with van der Waals surface area (Å²) < 4.78 is 0. The number of hydrogen-bond acceptors (Lipinski definition) is 2. The van der Waals surface area contributed by atoms with Crippen molar-refractivity contribution >= 4 is 17.3 Å². The summed E-state index contributed by atoms with van der Waals surface area (Å²) >= 11 is 6.18. The van der Waals surface area contributed by atoms with Crippen molar-refractivity contribution in [3.05, 3.63) is 28.8 Å². The van der Waals surface area contributed by atoms with E-state index < -0.39 is 0 Å². The molecule has 1 aromatic rings. The summed E-state index contributed by atoms with van der Waals surface area (Å²) in [7, 11) is 0. The van der Waals surface area contributed by atoms with Crippen LogP contribution in [0.5, 0.6) is 0 Å². The van der Waals surface area contributed by atoms with Crippen LogP contribution in [0.3, 0.4) is 0 Å². The van der Waals surface area contributed by atoms with Crippen LogP contribution in [0.1, 0.15) is 25.3 Å². The van der Waals surface area contributed by atoms with E-state index >= 15 is 0 Å². The molecule has 1 aromatic carbocycles. The molecule has 0 heterocycles. The molecule has 0 radical (unpaired) electrons. The fraction of sp³-hybridized carbons (Fsp3) is 0.538. The van der Waals surface area contributed by atoms with Crippen LogP contribution >= 0.6 is 11.6 Å². The Hall–Kier alpha value is -0.730. The zero-order chi connectivity index (χ0) is 11.5. The van der Waals surface area contributed by atoms with Crippen molar-refractivity contribution in [2.24, 2.45) is 5.92 Å². The number of halogens is 1. The van der Waals surface area contributed by atoms with Gasteiger partial charge in [0.15, 0.2) is 0 Å². The first-order chi connectivity index (χ1) is 7.70. The van der Waals surface area contributed by atoms with Gasteiger partial charge >= 0.3 is 0 Å². The smallest absolute Gasteiger partial charge is 0.0471 e. The van der Waals surface area contributed by atoms with Gasteiger partial charge in [-0.25, -0.2) is 0 Å². The van der Waals surface area contributed by atoms with E-state index in [1.165, 1.54) is 19.4 Å². The van der Waals surface area contributed by atoms with Gasteiger partial charge < -0.3 is 5.73 Å². The van der Waals surface area contributed by atoms with Gasteiger partial charge in [0.25, 0.3) is 0 Å². The molecule has 0 atom stereocenters. The van der Waals surface area contributed by atoms with Gasteiger partial charge in [0.1, 0.15) is 0 Å². The second-order valence-corrected chi connectivity index (χ2v) is 4.99. The average Bonchev–Trinajstić information content (AvgIpc) is 3.06. The maximum absolute atomic E-state index is 6.18. The predicted octanol–water partition coefficient (Wildman–Crippen LogP) is 3.15. The molecule has 0 aromatic heterocycles. The second kappa shape index (κ2) is 5.07. The quantitative estimate of drug-likeness (QED) is 0.799. The largest absolute Gasteiger partial charge is 0.398 e. The third-order valence-corrected chi connectivity index (χ3v) is 3.55. The molecule has 1 aliphatic rings. The SMILES string of the molecule is CCN(Cc1c(N)cccc1Cl)CC1CC1. The van der Waals surface area contributed by atoms with E-state index in [2.05, 4.69) is 11.8 Å². The average molecular weight is 239 g/mol. The lowest BCUT2D eigenvalue weighted by Gasteiger charge is -2.21. The van der Waals surface area contributed by atoms with Crippen molar-refractivity contribution in [1.82, 2.24) is 4.90 Å². The summed E-state index contributed by atoms with van der Waals surface area (Å²) in [6.07, 6.45) is 2.77. The fourth-order valence-corrected chi connectivity index (χ4v) is 2.18.